The zero-order valence-electron chi connectivity index (χ0n) is 16.2. The van der Waals surface area contributed by atoms with Gasteiger partial charge in [0, 0.05) is 50.6 Å². The highest BCUT2D eigenvalue weighted by Gasteiger charge is 2.19. The molecule has 1 N–H and O–H groups in total. The first-order valence-corrected chi connectivity index (χ1v) is 9.29. The minimum Gasteiger partial charge on any atom is -0.497 e. The highest BCUT2D eigenvalue weighted by molar-refractivity contribution is 5.92. The Hall–Kier alpha value is -3.28. The lowest BCUT2D eigenvalue weighted by molar-refractivity contribution is -0.126. The van der Waals surface area contributed by atoms with Gasteiger partial charge in [-0.05, 0) is 48.0 Å². The maximum Gasteiger partial charge on any atom is 0.246 e. The fraction of sp³-hybridized carbons (Fsp3) is 0.273. The number of piperazine rings is 1. The molecule has 1 aliphatic heterocycles. The molecule has 1 saturated heterocycles. The number of hydrogen-bond donors (Lipinski definition) is 1. The van der Waals surface area contributed by atoms with Crippen molar-refractivity contribution in [3.05, 3.63) is 60.2 Å². The zero-order chi connectivity index (χ0) is 19.9. The molecule has 146 valence electrons. The summed E-state index contributed by atoms with van der Waals surface area (Å²) in [7, 11) is 1.66. The molecule has 0 unspecified atom stereocenters. The van der Waals surface area contributed by atoms with Gasteiger partial charge in [0.05, 0.1) is 7.11 Å². The highest BCUT2D eigenvalue weighted by atomic mass is 16.5. The van der Waals surface area contributed by atoms with Gasteiger partial charge >= 0.3 is 0 Å². The van der Waals surface area contributed by atoms with Crippen molar-refractivity contribution in [3.63, 3.8) is 0 Å². The van der Waals surface area contributed by atoms with Crippen molar-refractivity contribution < 1.29 is 14.3 Å². The second-order valence-electron chi connectivity index (χ2n) is 6.65. The number of nitrogens with one attached hydrogen (secondary N) is 1. The van der Waals surface area contributed by atoms with Crippen LogP contribution in [0.2, 0.25) is 0 Å². The second-order valence-corrected chi connectivity index (χ2v) is 6.65. The van der Waals surface area contributed by atoms with Crippen LogP contribution in [0.15, 0.2) is 54.6 Å². The van der Waals surface area contributed by atoms with Gasteiger partial charge in [-0.15, -0.1) is 0 Å². The molecule has 2 aromatic carbocycles. The fourth-order valence-corrected chi connectivity index (χ4v) is 3.13. The lowest BCUT2D eigenvalue weighted by Gasteiger charge is -2.35. The van der Waals surface area contributed by atoms with Crippen LogP contribution in [0.4, 0.5) is 11.4 Å². The molecule has 6 nitrogen and oxygen atoms in total. The summed E-state index contributed by atoms with van der Waals surface area (Å²) < 4.78 is 5.19. The number of anilines is 2. The lowest BCUT2D eigenvalue weighted by Crippen LogP contribution is -2.48. The SMILES string of the molecule is COc1ccc(N2CCN(C(=O)/C=C/c3ccc(NC(C)=O)cc3)CC2)cc1. The molecular weight excluding hydrogens is 354 g/mol. The number of ether oxygens (including phenoxy) is 1. The zero-order valence-corrected chi connectivity index (χ0v) is 16.2. The smallest absolute Gasteiger partial charge is 0.246 e. The Balaban J connectivity index is 1.51. The maximum absolute atomic E-state index is 12.5. The average molecular weight is 379 g/mol. The largest absolute Gasteiger partial charge is 0.497 e. The van der Waals surface area contributed by atoms with Crippen molar-refractivity contribution in [2.24, 2.45) is 0 Å². The maximum atomic E-state index is 12.5. The Morgan fingerprint density at radius 3 is 2.18 bits per heavy atom. The van der Waals surface area contributed by atoms with Gasteiger partial charge < -0.3 is 19.9 Å². The van der Waals surface area contributed by atoms with Crippen molar-refractivity contribution in [2.75, 3.05) is 43.5 Å². The van der Waals surface area contributed by atoms with E-state index in [0.29, 0.717) is 13.1 Å². The molecule has 0 atom stereocenters. The fourth-order valence-electron chi connectivity index (χ4n) is 3.13. The minimum absolute atomic E-state index is 0.0142. The standard InChI is InChI=1S/C22H25N3O3/c1-17(26)23-19-6-3-18(4-7-19)5-12-22(27)25-15-13-24(14-16-25)20-8-10-21(28-2)11-9-20/h3-12H,13-16H2,1-2H3,(H,23,26)/b12-5+. The van der Waals surface area contributed by atoms with E-state index >= 15 is 0 Å². The summed E-state index contributed by atoms with van der Waals surface area (Å²) in [5.41, 5.74) is 2.80. The van der Waals surface area contributed by atoms with Crippen LogP contribution < -0.4 is 15.0 Å². The monoisotopic (exact) mass is 379 g/mol. The average Bonchev–Trinajstić information content (AvgIpc) is 2.73. The summed E-state index contributed by atoms with van der Waals surface area (Å²) in [6, 6.07) is 15.4. The molecule has 0 aromatic heterocycles. The number of carbonyl (C=O) groups is 2. The predicted molar refractivity (Wildman–Crippen MR) is 112 cm³/mol. The quantitative estimate of drug-likeness (QED) is 0.812. The van der Waals surface area contributed by atoms with Crippen molar-refractivity contribution in [1.29, 1.82) is 0 Å². The first kappa shape index (κ1) is 19.5. The molecule has 0 bridgehead atoms. The van der Waals surface area contributed by atoms with E-state index in [9.17, 15) is 9.59 Å². The number of hydrogen-bond acceptors (Lipinski definition) is 4. The van der Waals surface area contributed by atoms with Crippen LogP contribution in [0.25, 0.3) is 6.08 Å². The molecule has 2 aromatic rings. The van der Waals surface area contributed by atoms with Crippen molar-refractivity contribution in [2.45, 2.75) is 6.92 Å². The number of methoxy groups -OCH3 is 1. The van der Waals surface area contributed by atoms with E-state index in [1.54, 1.807) is 19.3 Å². The Labute approximate surface area is 165 Å². The van der Waals surface area contributed by atoms with Crippen LogP contribution in [0, 0.1) is 0 Å². The topological polar surface area (TPSA) is 61.9 Å². The van der Waals surface area contributed by atoms with Crippen LogP contribution in [0.1, 0.15) is 12.5 Å². The number of benzene rings is 2. The third kappa shape index (κ3) is 5.13. The van der Waals surface area contributed by atoms with Crippen molar-refractivity contribution in [3.8, 4) is 5.75 Å². The summed E-state index contributed by atoms with van der Waals surface area (Å²) in [5.74, 6) is 0.750. The lowest BCUT2D eigenvalue weighted by atomic mass is 10.2. The number of rotatable bonds is 5. The van der Waals surface area contributed by atoms with E-state index in [1.165, 1.54) is 6.92 Å². The number of carbonyl (C=O) groups excluding carboxylic acids is 2. The Morgan fingerprint density at radius 2 is 1.61 bits per heavy atom. The van der Waals surface area contributed by atoms with E-state index in [4.69, 9.17) is 4.74 Å². The van der Waals surface area contributed by atoms with E-state index in [0.717, 1.165) is 35.8 Å². The summed E-state index contributed by atoms with van der Waals surface area (Å²) in [4.78, 5) is 27.6. The van der Waals surface area contributed by atoms with Gasteiger partial charge in [0.25, 0.3) is 0 Å². The normalized spacial score (nSPS) is 14.2. The summed E-state index contributed by atoms with van der Waals surface area (Å²) in [6.45, 7) is 4.46. The van der Waals surface area contributed by atoms with Crippen molar-refractivity contribution in [1.82, 2.24) is 4.90 Å². The summed E-state index contributed by atoms with van der Waals surface area (Å²) in [6.07, 6.45) is 3.41. The molecule has 1 heterocycles. The molecule has 3 rings (SSSR count). The Morgan fingerprint density at radius 1 is 0.964 bits per heavy atom. The van der Waals surface area contributed by atoms with Crippen LogP contribution in [-0.2, 0) is 9.59 Å². The first-order chi connectivity index (χ1) is 13.5. The van der Waals surface area contributed by atoms with Gasteiger partial charge in [0.15, 0.2) is 0 Å². The van der Waals surface area contributed by atoms with E-state index < -0.39 is 0 Å². The van der Waals surface area contributed by atoms with Gasteiger partial charge in [-0.25, -0.2) is 0 Å². The molecule has 1 fully saturated rings. The van der Waals surface area contributed by atoms with Crippen LogP contribution in [-0.4, -0.2) is 50.0 Å². The van der Waals surface area contributed by atoms with Crippen LogP contribution in [0.3, 0.4) is 0 Å². The third-order valence-electron chi connectivity index (χ3n) is 4.68. The molecule has 2 amide bonds. The van der Waals surface area contributed by atoms with Gasteiger partial charge in [-0.2, -0.15) is 0 Å². The minimum atomic E-state index is -0.104. The molecular formula is C22H25N3O3. The van der Waals surface area contributed by atoms with Gasteiger partial charge in [0.2, 0.25) is 11.8 Å². The van der Waals surface area contributed by atoms with Gasteiger partial charge in [-0.3, -0.25) is 9.59 Å². The Kier molecular flexibility index (Phi) is 6.32. The molecule has 0 radical (unpaired) electrons. The van der Waals surface area contributed by atoms with E-state index in [-0.39, 0.29) is 11.8 Å². The summed E-state index contributed by atoms with van der Waals surface area (Å²) >= 11 is 0. The molecule has 28 heavy (non-hydrogen) atoms. The van der Waals surface area contributed by atoms with Crippen LogP contribution in [0.5, 0.6) is 5.75 Å². The van der Waals surface area contributed by atoms with E-state index in [2.05, 4.69) is 10.2 Å². The molecule has 1 aliphatic rings. The summed E-state index contributed by atoms with van der Waals surface area (Å²) in [5, 5.41) is 2.72. The number of nitrogens with zero attached hydrogens (tertiary/aromatic N) is 2. The number of amides is 2. The van der Waals surface area contributed by atoms with Crippen molar-refractivity contribution >= 4 is 29.3 Å². The Bertz CT molecular complexity index is 836. The first-order valence-electron chi connectivity index (χ1n) is 9.29. The molecule has 0 aliphatic carbocycles. The predicted octanol–water partition coefficient (Wildman–Crippen LogP) is 3.02. The molecule has 0 spiro atoms. The molecule has 0 saturated carbocycles. The highest BCUT2D eigenvalue weighted by Crippen LogP contribution is 2.20. The molecule has 6 heteroatoms. The van der Waals surface area contributed by atoms with Gasteiger partial charge in [0.1, 0.15) is 5.75 Å². The third-order valence-corrected chi connectivity index (χ3v) is 4.68. The second kappa shape index (κ2) is 9.08. The van der Waals surface area contributed by atoms with Crippen LogP contribution >= 0.6 is 0 Å². The van der Waals surface area contributed by atoms with E-state index in [1.807, 2.05) is 53.4 Å². The van der Waals surface area contributed by atoms with Gasteiger partial charge in [-0.1, -0.05) is 12.1 Å².